The van der Waals surface area contributed by atoms with E-state index in [0.717, 1.165) is 0 Å². The molecule has 0 radical (unpaired) electrons. The topological polar surface area (TPSA) is 511 Å². The highest BCUT2D eigenvalue weighted by molar-refractivity contribution is 5.79. The third-order valence-electron chi connectivity index (χ3n) is 20.2. The minimum atomic E-state index is -1.08. The Kier molecular flexibility index (Phi) is 47.8. The zero-order valence-electron chi connectivity index (χ0n) is 72.8. The molecule has 4 aliphatic heterocycles. The van der Waals surface area contributed by atoms with Crippen molar-refractivity contribution in [1.29, 1.82) is 0 Å². The van der Waals surface area contributed by atoms with E-state index >= 15 is 0 Å². The summed E-state index contributed by atoms with van der Waals surface area (Å²) in [5.41, 5.74) is 0. The third-order valence-corrected chi connectivity index (χ3v) is 20.2. The van der Waals surface area contributed by atoms with E-state index in [-0.39, 0.29) is 155 Å². The first-order chi connectivity index (χ1) is 57.3. The van der Waals surface area contributed by atoms with Crippen LogP contribution in [0.25, 0.3) is 0 Å². The van der Waals surface area contributed by atoms with Crippen molar-refractivity contribution in [2.75, 3.05) is 105 Å². The zero-order valence-corrected chi connectivity index (χ0v) is 72.8. The van der Waals surface area contributed by atoms with Crippen LogP contribution in [-0.4, -0.2) is 308 Å². The highest BCUT2D eigenvalue weighted by Crippen LogP contribution is 2.35. The molecular weight excluding hydrogens is 1600 g/mol. The van der Waals surface area contributed by atoms with Crippen LogP contribution >= 0.6 is 0 Å². The van der Waals surface area contributed by atoms with E-state index < -0.39 is 193 Å². The Morgan fingerprint density at radius 3 is 0.727 bits per heavy atom. The largest absolute Gasteiger partial charge is 0.463 e. The Bertz CT molecular complexity index is 3150. The lowest BCUT2D eigenvalue weighted by molar-refractivity contribution is -0.262. The Hall–Kier alpha value is -8.84. The van der Waals surface area contributed by atoms with Gasteiger partial charge in [0.2, 0.25) is 47.3 Å². The lowest BCUT2D eigenvalue weighted by atomic mass is 9.88. The molecule has 8 unspecified atom stereocenters. The molecule has 0 aromatic heterocycles. The molecule has 0 aliphatic carbocycles. The van der Waals surface area contributed by atoms with Crippen molar-refractivity contribution in [3.05, 3.63) is 0 Å². The van der Waals surface area contributed by atoms with Gasteiger partial charge in [0.15, 0.2) is 25.2 Å². The average Bonchev–Trinajstić information content (AvgIpc) is 0.814. The smallest absolute Gasteiger partial charge is 0.303 e. The van der Waals surface area contributed by atoms with E-state index in [2.05, 4.69) is 37.2 Å². The molecule has 4 aliphatic rings. The van der Waals surface area contributed by atoms with Gasteiger partial charge in [-0.05, 0) is 51.4 Å². The van der Waals surface area contributed by atoms with Gasteiger partial charge in [-0.1, -0.05) is 27.7 Å². The number of carbonyl (C=O) groups excluding carboxylic acids is 16. The number of nitrogens with one attached hydrogen (secondary N) is 7. The Labute approximate surface area is 706 Å². The highest BCUT2D eigenvalue weighted by atomic mass is 16.7. The third kappa shape index (κ3) is 39.5. The molecular formula is C80H131N9O32. The Morgan fingerprint density at radius 2 is 0.512 bits per heavy atom. The lowest BCUT2D eigenvalue weighted by Gasteiger charge is -2.44. The van der Waals surface area contributed by atoms with Crippen LogP contribution in [-0.2, 0) is 153 Å². The highest BCUT2D eigenvalue weighted by Gasteiger charge is 2.51. The molecule has 0 spiro atoms. The van der Waals surface area contributed by atoms with Crippen molar-refractivity contribution < 1.29 is 153 Å². The van der Waals surface area contributed by atoms with Crippen molar-refractivity contribution >= 4 is 95.0 Å². The monoisotopic (exact) mass is 1730 g/mol. The van der Waals surface area contributed by atoms with Crippen LogP contribution < -0.4 is 37.2 Å². The van der Waals surface area contributed by atoms with Crippen molar-refractivity contribution in [2.24, 2.45) is 23.7 Å². The van der Waals surface area contributed by atoms with Crippen LogP contribution in [0.4, 0.5) is 0 Å². The SMILES string of the molecule is CC(=O)NC1[C@H](OCCCCC(=O)NCCN(CCNCCN(CCNC(=O)CCCCO[C@@H]2OC(COC(C)=O)[C@H](OC(C)=O)[C@H](C)C2NC(C)=O)C(=O)CCCCO[C@@H]2OC(COC(C)=O)[C@H](OC(C)=O)[C@H](C)C2NC(C)=O)C(=O)CCCCO[C@@H]2OC(COC(C)=O)[C@H](OC(C)=O)[C@H](C)C2NC(C)=O)OC(COC(C)=O)[C@H](OC(C)=O)[C@@H]1C. The molecule has 688 valence electrons. The minimum Gasteiger partial charge on any atom is -0.463 e. The maximum Gasteiger partial charge on any atom is 0.303 e. The summed E-state index contributed by atoms with van der Waals surface area (Å²) in [6.07, 6.45) is -8.74. The summed E-state index contributed by atoms with van der Waals surface area (Å²) in [5.74, 6) is -9.86. The van der Waals surface area contributed by atoms with E-state index in [9.17, 15) is 76.7 Å². The maximum atomic E-state index is 14.3. The lowest BCUT2D eigenvalue weighted by Crippen LogP contribution is -2.62. The van der Waals surface area contributed by atoms with Crippen LogP contribution in [0.1, 0.15) is 188 Å². The Morgan fingerprint density at radius 1 is 0.289 bits per heavy atom. The summed E-state index contributed by atoms with van der Waals surface area (Å²) in [4.78, 5) is 204. The second kappa shape index (κ2) is 55.3. The van der Waals surface area contributed by atoms with Gasteiger partial charge in [-0.25, -0.2) is 0 Å². The maximum absolute atomic E-state index is 14.3. The number of ether oxygens (including phenoxy) is 16. The molecule has 41 heteroatoms. The number of rotatable bonds is 52. The second-order valence-corrected chi connectivity index (χ2v) is 30.5. The predicted octanol–water partition coefficient (Wildman–Crippen LogP) is 0.655. The summed E-state index contributed by atoms with van der Waals surface area (Å²) in [6, 6.07) is -3.13. The first-order valence-corrected chi connectivity index (χ1v) is 41.5. The van der Waals surface area contributed by atoms with Crippen molar-refractivity contribution in [2.45, 2.75) is 286 Å². The average molecular weight is 1730 g/mol. The second-order valence-electron chi connectivity index (χ2n) is 30.5. The van der Waals surface area contributed by atoms with E-state index in [1.807, 2.05) is 0 Å². The van der Waals surface area contributed by atoms with Gasteiger partial charge in [0.05, 0.1) is 24.2 Å². The number of unbranched alkanes of at least 4 members (excludes halogenated alkanes) is 4. The fraction of sp³-hybridized carbons (Fsp3) is 0.800. The van der Waals surface area contributed by atoms with E-state index in [4.69, 9.17) is 75.8 Å². The van der Waals surface area contributed by atoms with Gasteiger partial charge in [0.1, 0.15) is 75.3 Å². The normalized spacial score (nSPS) is 26.2. The molecule has 0 bridgehead atoms. The fourth-order valence-electron chi connectivity index (χ4n) is 14.4. The van der Waals surface area contributed by atoms with Crippen molar-refractivity contribution in [3.8, 4) is 0 Å². The number of esters is 8. The van der Waals surface area contributed by atoms with Gasteiger partial charge >= 0.3 is 47.8 Å². The van der Waals surface area contributed by atoms with E-state index in [1.54, 1.807) is 37.5 Å². The van der Waals surface area contributed by atoms with Crippen LogP contribution in [0.2, 0.25) is 0 Å². The molecule has 121 heavy (non-hydrogen) atoms. The number of nitrogens with zero attached hydrogens (tertiary/aromatic N) is 2. The van der Waals surface area contributed by atoms with Crippen molar-refractivity contribution in [3.63, 3.8) is 0 Å². The fourth-order valence-corrected chi connectivity index (χ4v) is 14.4. The molecule has 7 N–H and O–H groups in total. The van der Waals surface area contributed by atoms with Gasteiger partial charge in [-0.3, -0.25) is 76.7 Å². The van der Waals surface area contributed by atoms with Crippen LogP contribution in [0.5, 0.6) is 0 Å². The first-order valence-electron chi connectivity index (χ1n) is 41.5. The number of hydrogen-bond acceptors (Lipinski definition) is 33. The van der Waals surface area contributed by atoms with Crippen LogP contribution in [0.3, 0.4) is 0 Å². The minimum absolute atomic E-state index is 0.0259. The molecule has 4 saturated heterocycles. The van der Waals surface area contributed by atoms with Crippen LogP contribution in [0, 0.1) is 23.7 Å². The molecule has 4 heterocycles. The van der Waals surface area contributed by atoms with Gasteiger partial charge in [0, 0.05) is 211 Å². The Balaban J connectivity index is 1.48. The predicted molar refractivity (Wildman–Crippen MR) is 422 cm³/mol. The molecule has 0 saturated carbocycles. The van der Waals surface area contributed by atoms with Gasteiger partial charge in [-0.2, -0.15) is 0 Å². The number of amides is 8. The standard InChI is InChI=1S/C80H131N9O32/c1-45-69(84-49(5)90)77(118-61(41-110-53(9)94)73(45)114-57(13)98)106-37-21-17-25-65(102)82-31-35-88(67(104)27-19-23-39-108-79-71(86-51(7)92)47(3)75(116-59(15)100)63(120-79)43-112-55(11)96)33-29-81-30-34-89(68(105)28-20-24-40-109-80-72(87-52(8)93)48(4)76(117-60(16)101)64(121-80)44-113-56(12)97)36-32-83-66(103)26-18-22-38-107-78-70(85-50(6)91)46(2)74(115-58(14)99)62(119-78)42-111-54(10)95/h45-48,61-64,69-81H,17-44H2,1-16H3,(H,82,102)(H,83,103)(H,84,90)(H,85,91)(H,86,92)(H,87,93)/t45-,46-,47-,48-,61?,62?,63?,64?,69?,70?,71?,72?,73-,74-,75-,76-,77-,78-,79-,80-/m1/s1. The number of carbonyl (C=O) groups is 16. The summed E-state index contributed by atoms with van der Waals surface area (Å²) < 4.78 is 92.3. The zero-order chi connectivity index (χ0) is 90.0. The molecule has 41 nitrogen and oxygen atoms in total. The molecule has 0 aromatic rings. The van der Waals surface area contributed by atoms with E-state index in [1.165, 1.54) is 83.1 Å². The first kappa shape index (κ1) is 105. The molecule has 8 amide bonds. The molecule has 4 rings (SSSR count). The van der Waals surface area contributed by atoms with Gasteiger partial charge < -0.3 is 123 Å². The van der Waals surface area contributed by atoms with Gasteiger partial charge in [-0.15, -0.1) is 0 Å². The molecule has 20 atom stereocenters. The quantitative estimate of drug-likeness (QED) is 0.0250. The van der Waals surface area contributed by atoms with Crippen molar-refractivity contribution in [1.82, 2.24) is 47.0 Å². The number of hydrogen-bond donors (Lipinski definition) is 7. The molecule has 0 aromatic carbocycles. The summed E-state index contributed by atoms with van der Waals surface area (Å²) >= 11 is 0. The summed E-state index contributed by atoms with van der Waals surface area (Å²) in [6.45, 7) is 22.1. The van der Waals surface area contributed by atoms with E-state index in [0.29, 0.717) is 51.4 Å². The van der Waals surface area contributed by atoms with Crippen LogP contribution in [0.15, 0.2) is 0 Å². The van der Waals surface area contributed by atoms with Gasteiger partial charge in [0.25, 0.3) is 0 Å². The summed E-state index contributed by atoms with van der Waals surface area (Å²) in [7, 11) is 0. The summed E-state index contributed by atoms with van der Waals surface area (Å²) in [5, 5.41) is 20.3. The molecule has 4 fully saturated rings.